The Balaban J connectivity index is 1.55. The van der Waals surface area contributed by atoms with E-state index in [1.165, 1.54) is 11.3 Å². The molecule has 0 atom stereocenters. The molecule has 0 saturated carbocycles. The summed E-state index contributed by atoms with van der Waals surface area (Å²) in [7, 11) is 0. The number of amides is 1. The third-order valence-electron chi connectivity index (χ3n) is 3.53. The van der Waals surface area contributed by atoms with Gasteiger partial charge in [0.15, 0.2) is 0 Å². The van der Waals surface area contributed by atoms with Crippen LogP contribution in [0.1, 0.15) is 16.3 Å². The van der Waals surface area contributed by atoms with Crippen LogP contribution in [0, 0.1) is 18.6 Å². The van der Waals surface area contributed by atoms with Crippen molar-refractivity contribution in [2.24, 2.45) is 0 Å². The minimum absolute atomic E-state index is 0.0308. The first-order valence-electron chi connectivity index (χ1n) is 7.87. The molecule has 0 bridgehead atoms. The van der Waals surface area contributed by atoms with Crippen molar-refractivity contribution < 1.29 is 18.3 Å². The summed E-state index contributed by atoms with van der Waals surface area (Å²) in [4.78, 5) is 16.3. The number of benzene rings is 2. The number of aryl methyl sites for hydroxylation is 1. The highest BCUT2D eigenvalue weighted by molar-refractivity contribution is 7.09. The average molecular weight is 374 g/mol. The highest BCUT2D eigenvalue weighted by Crippen LogP contribution is 2.18. The van der Waals surface area contributed by atoms with Gasteiger partial charge in [-0.3, -0.25) is 4.79 Å². The van der Waals surface area contributed by atoms with Crippen molar-refractivity contribution in [2.75, 3.05) is 5.32 Å². The van der Waals surface area contributed by atoms with Gasteiger partial charge in [0, 0.05) is 11.4 Å². The van der Waals surface area contributed by atoms with Crippen LogP contribution in [0.4, 0.5) is 14.5 Å². The van der Waals surface area contributed by atoms with Crippen molar-refractivity contribution in [3.05, 3.63) is 75.7 Å². The van der Waals surface area contributed by atoms with E-state index >= 15 is 0 Å². The first-order chi connectivity index (χ1) is 12.5. The van der Waals surface area contributed by atoms with Gasteiger partial charge in [-0.25, -0.2) is 13.8 Å². The minimum atomic E-state index is -0.690. The Labute approximate surface area is 153 Å². The molecule has 1 N–H and O–H groups in total. The predicted octanol–water partition coefficient (Wildman–Crippen LogP) is 4.49. The van der Waals surface area contributed by atoms with Gasteiger partial charge in [0.25, 0.3) is 0 Å². The molecule has 3 rings (SSSR count). The van der Waals surface area contributed by atoms with E-state index in [1.54, 1.807) is 5.38 Å². The molecule has 0 saturated heterocycles. The van der Waals surface area contributed by atoms with E-state index in [0.717, 1.165) is 34.5 Å². The van der Waals surface area contributed by atoms with Crippen LogP contribution in [0.15, 0.2) is 47.8 Å². The zero-order valence-corrected chi connectivity index (χ0v) is 14.8. The molecule has 0 spiro atoms. The van der Waals surface area contributed by atoms with Gasteiger partial charge in [-0.2, -0.15) is 0 Å². The fourth-order valence-electron chi connectivity index (χ4n) is 2.23. The van der Waals surface area contributed by atoms with Crippen LogP contribution in [0.5, 0.6) is 5.75 Å². The van der Waals surface area contributed by atoms with Gasteiger partial charge in [-0.05, 0) is 31.2 Å². The molecule has 1 aromatic heterocycles. The Hall–Kier alpha value is -2.80. The number of hydrogen-bond acceptors (Lipinski definition) is 4. The van der Waals surface area contributed by atoms with E-state index in [1.807, 2.05) is 31.2 Å². The summed E-state index contributed by atoms with van der Waals surface area (Å²) in [6, 6.07) is 10.6. The third kappa shape index (κ3) is 4.86. The maximum absolute atomic E-state index is 13.5. The van der Waals surface area contributed by atoms with Crippen LogP contribution in [0.2, 0.25) is 0 Å². The lowest BCUT2D eigenvalue weighted by molar-refractivity contribution is -0.115. The predicted molar refractivity (Wildman–Crippen MR) is 96.3 cm³/mol. The Morgan fingerprint density at radius 1 is 1.19 bits per heavy atom. The topological polar surface area (TPSA) is 51.2 Å². The van der Waals surface area contributed by atoms with Crippen LogP contribution < -0.4 is 10.1 Å². The Morgan fingerprint density at radius 2 is 1.96 bits per heavy atom. The van der Waals surface area contributed by atoms with Gasteiger partial charge in [0.2, 0.25) is 5.91 Å². The fourth-order valence-corrected chi connectivity index (χ4v) is 2.93. The third-order valence-corrected chi connectivity index (χ3v) is 4.40. The van der Waals surface area contributed by atoms with Gasteiger partial charge in [-0.1, -0.05) is 17.7 Å². The molecule has 3 aromatic rings. The number of carbonyl (C=O) groups excluding carboxylic acids is 1. The number of aromatic nitrogens is 1. The standard InChI is InChI=1S/C19H16F2N2O2S/c1-12-2-5-15(6-3-12)25-10-19-22-14(11-26-19)9-18(24)23-17-8-13(20)4-7-16(17)21/h2-8,11H,9-10H2,1H3,(H,23,24). The number of rotatable bonds is 6. The maximum atomic E-state index is 13.5. The summed E-state index contributed by atoms with van der Waals surface area (Å²) in [6.07, 6.45) is -0.0308. The first-order valence-corrected chi connectivity index (χ1v) is 8.75. The molecule has 0 unspecified atom stereocenters. The molecule has 0 radical (unpaired) electrons. The van der Waals surface area contributed by atoms with E-state index < -0.39 is 17.5 Å². The smallest absolute Gasteiger partial charge is 0.230 e. The zero-order valence-electron chi connectivity index (χ0n) is 14.0. The average Bonchev–Trinajstić information content (AvgIpc) is 3.05. The highest BCUT2D eigenvalue weighted by atomic mass is 32.1. The normalized spacial score (nSPS) is 10.6. The van der Waals surface area contributed by atoms with E-state index in [0.29, 0.717) is 12.3 Å². The SMILES string of the molecule is Cc1ccc(OCc2nc(CC(=O)Nc3cc(F)ccc3F)cs2)cc1. The lowest BCUT2D eigenvalue weighted by Gasteiger charge is -2.05. The van der Waals surface area contributed by atoms with Gasteiger partial charge in [-0.15, -0.1) is 11.3 Å². The molecule has 7 heteroatoms. The molecule has 0 aliphatic heterocycles. The molecule has 0 aliphatic rings. The summed E-state index contributed by atoms with van der Waals surface area (Å²) in [5.41, 5.74) is 1.51. The summed E-state index contributed by atoms with van der Waals surface area (Å²) in [6.45, 7) is 2.30. The summed E-state index contributed by atoms with van der Waals surface area (Å²) >= 11 is 1.38. The lowest BCUT2D eigenvalue weighted by atomic mass is 10.2. The summed E-state index contributed by atoms with van der Waals surface area (Å²) in [5, 5.41) is 4.82. The molecule has 26 heavy (non-hydrogen) atoms. The number of nitrogens with zero attached hydrogens (tertiary/aromatic N) is 1. The van der Waals surface area contributed by atoms with Gasteiger partial charge in [0.05, 0.1) is 17.8 Å². The molecule has 1 heterocycles. The molecule has 2 aromatic carbocycles. The van der Waals surface area contributed by atoms with Crippen LogP contribution >= 0.6 is 11.3 Å². The Morgan fingerprint density at radius 3 is 2.73 bits per heavy atom. The Kier molecular flexibility index (Phi) is 5.58. The van der Waals surface area contributed by atoms with Crippen LogP contribution in [0.25, 0.3) is 0 Å². The molecule has 1 amide bonds. The number of nitrogens with one attached hydrogen (secondary N) is 1. The number of ether oxygens (including phenoxy) is 1. The van der Waals surface area contributed by atoms with E-state index in [-0.39, 0.29) is 12.1 Å². The molecular weight excluding hydrogens is 358 g/mol. The van der Waals surface area contributed by atoms with Gasteiger partial charge in [0.1, 0.15) is 29.0 Å². The van der Waals surface area contributed by atoms with E-state index in [4.69, 9.17) is 4.74 Å². The molecule has 4 nitrogen and oxygen atoms in total. The largest absolute Gasteiger partial charge is 0.486 e. The number of thiazole rings is 1. The second-order valence-electron chi connectivity index (χ2n) is 5.68. The van der Waals surface area contributed by atoms with Gasteiger partial charge < -0.3 is 10.1 Å². The molecule has 0 aliphatic carbocycles. The van der Waals surface area contributed by atoms with Crippen molar-refractivity contribution >= 4 is 22.9 Å². The molecule has 134 valence electrons. The monoisotopic (exact) mass is 374 g/mol. The van der Waals surface area contributed by atoms with Crippen molar-refractivity contribution in [3.63, 3.8) is 0 Å². The van der Waals surface area contributed by atoms with Crippen molar-refractivity contribution in [1.29, 1.82) is 0 Å². The number of carbonyl (C=O) groups is 1. The number of hydrogen-bond donors (Lipinski definition) is 1. The van der Waals surface area contributed by atoms with Crippen LogP contribution in [-0.2, 0) is 17.8 Å². The van der Waals surface area contributed by atoms with Crippen molar-refractivity contribution in [1.82, 2.24) is 4.98 Å². The van der Waals surface area contributed by atoms with E-state index in [9.17, 15) is 13.6 Å². The highest BCUT2D eigenvalue weighted by Gasteiger charge is 2.11. The van der Waals surface area contributed by atoms with E-state index in [2.05, 4.69) is 10.3 Å². The second kappa shape index (κ2) is 8.05. The maximum Gasteiger partial charge on any atom is 0.230 e. The molecular formula is C19H16F2N2O2S. The number of anilines is 1. The number of halogens is 2. The quantitative estimate of drug-likeness (QED) is 0.692. The van der Waals surface area contributed by atoms with Crippen LogP contribution in [0.3, 0.4) is 0 Å². The lowest BCUT2D eigenvalue weighted by Crippen LogP contribution is -2.15. The van der Waals surface area contributed by atoms with Crippen molar-refractivity contribution in [2.45, 2.75) is 20.0 Å². The summed E-state index contributed by atoms with van der Waals surface area (Å²) < 4.78 is 32.3. The minimum Gasteiger partial charge on any atom is -0.486 e. The second-order valence-corrected chi connectivity index (χ2v) is 6.63. The van der Waals surface area contributed by atoms with Crippen LogP contribution in [-0.4, -0.2) is 10.9 Å². The fraction of sp³-hybridized carbons (Fsp3) is 0.158. The van der Waals surface area contributed by atoms with Crippen molar-refractivity contribution in [3.8, 4) is 5.75 Å². The summed E-state index contributed by atoms with van der Waals surface area (Å²) in [5.74, 6) is -1.03. The Bertz CT molecular complexity index is 910. The molecule has 0 fully saturated rings. The van der Waals surface area contributed by atoms with Gasteiger partial charge >= 0.3 is 0 Å². The zero-order chi connectivity index (χ0) is 18.5. The first kappa shape index (κ1) is 18.0.